The molecule has 1 aliphatic rings. The molecule has 1 aromatic heterocycles. The molecule has 96 valence electrons. The largest absolute Gasteiger partial charge is 0.310 e. The molecule has 0 saturated heterocycles. The lowest BCUT2D eigenvalue weighted by atomic mass is 10.2. The number of hydrogen-bond acceptors (Lipinski definition) is 3. The van der Waals surface area contributed by atoms with Gasteiger partial charge in [0.05, 0.1) is 5.69 Å². The monoisotopic (exact) mass is 253 g/mol. The number of rotatable bonds is 8. The zero-order valence-corrected chi connectivity index (χ0v) is 11.7. The first-order valence-electron chi connectivity index (χ1n) is 6.63. The summed E-state index contributed by atoms with van der Waals surface area (Å²) in [7, 11) is 0. The number of hydrogen-bond donors (Lipinski definition) is 1. The van der Waals surface area contributed by atoms with Gasteiger partial charge in [0.15, 0.2) is 0 Å². The van der Waals surface area contributed by atoms with Crippen molar-refractivity contribution in [3.63, 3.8) is 0 Å². The van der Waals surface area contributed by atoms with E-state index in [2.05, 4.69) is 35.1 Å². The van der Waals surface area contributed by atoms with Crippen LogP contribution >= 0.6 is 11.8 Å². The second kappa shape index (κ2) is 6.45. The van der Waals surface area contributed by atoms with Crippen LogP contribution in [0, 0.1) is 6.92 Å². The van der Waals surface area contributed by atoms with Crippen LogP contribution in [0.1, 0.15) is 37.4 Å². The first-order valence-corrected chi connectivity index (χ1v) is 7.79. The van der Waals surface area contributed by atoms with Crippen molar-refractivity contribution >= 4 is 11.8 Å². The van der Waals surface area contributed by atoms with E-state index < -0.39 is 0 Å². The van der Waals surface area contributed by atoms with E-state index in [1.54, 1.807) is 0 Å². The summed E-state index contributed by atoms with van der Waals surface area (Å²) in [5.41, 5.74) is 2.54. The summed E-state index contributed by atoms with van der Waals surface area (Å²) in [5.74, 6) is 2.46. The lowest BCUT2D eigenvalue weighted by molar-refractivity contribution is 0.601. The highest BCUT2D eigenvalue weighted by Crippen LogP contribution is 2.19. The van der Waals surface area contributed by atoms with Crippen LogP contribution in [0.2, 0.25) is 0 Å². The number of thioether (sulfide) groups is 1. The van der Waals surface area contributed by atoms with Crippen LogP contribution in [0.15, 0.2) is 6.20 Å². The van der Waals surface area contributed by atoms with Crippen molar-refractivity contribution in [1.82, 2.24) is 15.1 Å². The predicted molar refractivity (Wildman–Crippen MR) is 74.4 cm³/mol. The summed E-state index contributed by atoms with van der Waals surface area (Å²) in [4.78, 5) is 0. The van der Waals surface area contributed by atoms with E-state index in [0.29, 0.717) is 0 Å². The molecule has 0 aromatic carbocycles. The average molecular weight is 253 g/mol. The Morgan fingerprint density at radius 1 is 1.53 bits per heavy atom. The molecule has 0 amide bonds. The standard InChI is InChI=1S/C13H23N3S/c1-3-17-8-4-7-16-10-12(11(2)15-16)9-14-13-5-6-13/h10,13-14H,3-9H2,1-2H3. The molecule has 2 rings (SSSR count). The van der Waals surface area contributed by atoms with E-state index in [1.807, 2.05) is 11.8 Å². The second-order valence-corrected chi connectivity index (χ2v) is 6.10. The lowest BCUT2D eigenvalue weighted by Crippen LogP contribution is -2.15. The Labute approximate surface area is 108 Å². The zero-order chi connectivity index (χ0) is 12.1. The molecule has 4 heteroatoms. The first-order chi connectivity index (χ1) is 8.29. The third kappa shape index (κ3) is 4.36. The van der Waals surface area contributed by atoms with Gasteiger partial charge in [0.1, 0.15) is 0 Å². The summed E-state index contributed by atoms with van der Waals surface area (Å²) in [6.45, 7) is 6.36. The van der Waals surface area contributed by atoms with Gasteiger partial charge >= 0.3 is 0 Å². The van der Waals surface area contributed by atoms with Crippen molar-refractivity contribution in [3.8, 4) is 0 Å². The van der Waals surface area contributed by atoms with Gasteiger partial charge < -0.3 is 5.32 Å². The fourth-order valence-corrected chi connectivity index (χ4v) is 2.48. The quantitative estimate of drug-likeness (QED) is 0.722. The molecule has 1 aliphatic carbocycles. The van der Waals surface area contributed by atoms with Gasteiger partial charge in [-0.2, -0.15) is 16.9 Å². The molecule has 1 saturated carbocycles. The highest BCUT2D eigenvalue weighted by molar-refractivity contribution is 7.99. The normalized spacial score (nSPS) is 15.4. The van der Waals surface area contributed by atoms with Gasteiger partial charge in [0.25, 0.3) is 0 Å². The van der Waals surface area contributed by atoms with Crippen molar-refractivity contribution < 1.29 is 0 Å². The van der Waals surface area contributed by atoms with Crippen LogP contribution in [0.3, 0.4) is 0 Å². The molecule has 0 bridgehead atoms. The van der Waals surface area contributed by atoms with E-state index in [1.165, 1.54) is 42.0 Å². The minimum Gasteiger partial charge on any atom is -0.310 e. The Balaban J connectivity index is 1.75. The molecular formula is C13H23N3S. The Hall–Kier alpha value is -0.480. The van der Waals surface area contributed by atoms with Crippen molar-refractivity contribution in [2.24, 2.45) is 0 Å². The van der Waals surface area contributed by atoms with Crippen molar-refractivity contribution in [1.29, 1.82) is 0 Å². The van der Waals surface area contributed by atoms with Gasteiger partial charge in [-0.3, -0.25) is 4.68 Å². The maximum atomic E-state index is 4.57. The topological polar surface area (TPSA) is 29.9 Å². The van der Waals surface area contributed by atoms with Gasteiger partial charge in [-0.25, -0.2) is 0 Å². The third-order valence-corrected chi connectivity index (χ3v) is 4.07. The van der Waals surface area contributed by atoms with Gasteiger partial charge in [-0.15, -0.1) is 0 Å². The molecule has 0 radical (unpaired) electrons. The number of nitrogens with zero attached hydrogens (tertiary/aromatic N) is 2. The molecule has 0 atom stereocenters. The Kier molecular flexibility index (Phi) is 4.92. The highest BCUT2D eigenvalue weighted by atomic mass is 32.2. The molecule has 1 aromatic rings. The minimum atomic E-state index is 0.777. The van der Waals surface area contributed by atoms with Crippen LogP contribution in [0.4, 0.5) is 0 Å². The van der Waals surface area contributed by atoms with Gasteiger partial charge in [0, 0.05) is 30.9 Å². The summed E-state index contributed by atoms with van der Waals surface area (Å²) in [6.07, 6.45) is 6.12. The second-order valence-electron chi connectivity index (χ2n) is 4.71. The predicted octanol–water partition coefficient (Wildman–Crippen LogP) is 2.59. The number of nitrogens with one attached hydrogen (secondary N) is 1. The zero-order valence-electron chi connectivity index (χ0n) is 10.9. The minimum absolute atomic E-state index is 0.777. The van der Waals surface area contributed by atoms with Crippen LogP contribution in [-0.2, 0) is 13.1 Å². The van der Waals surface area contributed by atoms with Crippen LogP contribution < -0.4 is 5.32 Å². The van der Waals surface area contributed by atoms with Crippen LogP contribution in [-0.4, -0.2) is 27.3 Å². The summed E-state index contributed by atoms with van der Waals surface area (Å²) < 4.78 is 2.11. The Morgan fingerprint density at radius 3 is 3.06 bits per heavy atom. The van der Waals surface area contributed by atoms with Crippen LogP contribution in [0.25, 0.3) is 0 Å². The van der Waals surface area contributed by atoms with Crippen molar-refractivity contribution in [3.05, 3.63) is 17.5 Å². The van der Waals surface area contributed by atoms with E-state index in [-0.39, 0.29) is 0 Å². The fourth-order valence-electron chi connectivity index (χ4n) is 1.86. The average Bonchev–Trinajstić information content (AvgIpc) is 3.07. The summed E-state index contributed by atoms with van der Waals surface area (Å²) in [6, 6.07) is 0.777. The number of aromatic nitrogens is 2. The first kappa shape index (κ1) is 13.0. The Morgan fingerprint density at radius 2 is 2.35 bits per heavy atom. The summed E-state index contributed by atoms with van der Waals surface area (Å²) >= 11 is 2.01. The smallest absolute Gasteiger partial charge is 0.0638 e. The summed E-state index contributed by atoms with van der Waals surface area (Å²) in [5, 5.41) is 8.12. The van der Waals surface area contributed by atoms with E-state index in [0.717, 1.165) is 19.1 Å². The van der Waals surface area contributed by atoms with E-state index in [9.17, 15) is 0 Å². The van der Waals surface area contributed by atoms with Gasteiger partial charge in [-0.05, 0) is 37.7 Å². The van der Waals surface area contributed by atoms with Crippen molar-refractivity contribution in [2.45, 2.75) is 52.2 Å². The maximum Gasteiger partial charge on any atom is 0.0638 e. The highest BCUT2D eigenvalue weighted by Gasteiger charge is 2.20. The lowest BCUT2D eigenvalue weighted by Gasteiger charge is -2.01. The Bertz CT molecular complexity index is 344. The molecule has 3 nitrogen and oxygen atoms in total. The van der Waals surface area contributed by atoms with Gasteiger partial charge in [-0.1, -0.05) is 6.92 Å². The molecule has 1 heterocycles. The SMILES string of the molecule is CCSCCCn1cc(CNC2CC2)c(C)n1. The molecule has 0 aliphatic heterocycles. The molecule has 0 unspecified atom stereocenters. The molecule has 1 fully saturated rings. The van der Waals surface area contributed by atoms with Gasteiger partial charge in [0.2, 0.25) is 0 Å². The molecular weight excluding hydrogens is 230 g/mol. The van der Waals surface area contributed by atoms with Crippen LogP contribution in [0.5, 0.6) is 0 Å². The third-order valence-electron chi connectivity index (χ3n) is 3.09. The van der Waals surface area contributed by atoms with E-state index in [4.69, 9.17) is 0 Å². The molecule has 1 N–H and O–H groups in total. The van der Waals surface area contributed by atoms with Crippen molar-refractivity contribution in [2.75, 3.05) is 11.5 Å². The molecule has 0 spiro atoms. The fraction of sp³-hybridized carbons (Fsp3) is 0.769. The van der Waals surface area contributed by atoms with E-state index >= 15 is 0 Å². The number of aryl methyl sites for hydroxylation is 2. The maximum absolute atomic E-state index is 4.57. The molecule has 17 heavy (non-hydrogen) atoms.